The number of aryl methyl sites for hydroxylation is 1. The summed E-state index contributed by atoms with van der Waals surface area (Å²) >= 11 is 8.67. The van der Waals surface area contributed by atoms with E-state index >= 15 is 0 Å². The summed E-state index contributed by atoms with van der Waals surface area (Å²) < 4.78 is 0.804. The van der Waals surface area contributed by atoms with E-state index < -0.39 is 0 Å². The molecule has 5 nitrogen and oxygen atoms in total. The van der Waals surface area contributed by atoms with Gasteiger partial charge in [-0.2, -0.15) is 0 Å². The van der Waals surface area contributed by atoms with Gasteiger partial charge in [0.1, 0.15) is 11.0 Å². The van der Waals surface area contributed by atoms with Gasteiger partial charge in [0.2, 0.25) is 5.13 Å². The van der Waals surface area contributed by atoms with Crippen molar-refractivity contribution < 1.29 is 0 Å². The van der Waals surface area contributed by atoms with Gasteiger partial charge in [0, 0.05) is 5.69 Å². The highest BCUT2D eigenvalue weighted by Gasteiger charge is 2.05. The van der Waals surface area contributed by atoms with E-state index in [-0.39, 0.29) is 0 Å². The van der Waals surface area contributed by atoms with Crippen molar-refractivity contribution in [2.75, 3.05) is 5.73 Å². The van der Waals surface area contributed by atoms with Gasteiger partial charge in [-0.3, -0.25) is 0 Å². The molecule has 2 rings (SSSR count). The molecule has 0 saturated carbocycles. The number of halogens is 1. The molecular formula is C8H8ClN5S2. The normalized spacial score (nSPS) is 10.6. The number of hydrogen-bond donors (Lipinski definition) is 1. The molecule has 0 saturated heterocycles. The van der Waals surface area contributed by atoms with Crippen molar-refractivity contribution in [1.29, 1.82) is 0 Å². The summed E-state index contributed by atoms with van der Waals surface area (Å²) in [7, 11) is 0. The lowest BCUT2D eigenvalue weighted by atomic mass is 10.4. The number of anilines is 1. The molecule has 0 amide bonds. The first kappa shape index (κ1) is 11.6. The topological polar surface area (TPSA) is 77.6 Å². The van der Waals surface area contributed by atoms with Crippen molar-refractivity contribution in [2.24, 2.45) is 0 Å². The fourth-order valence-electron chi connectivity index (χ4n) is 1.06. The summed E-state index contributed by atoms with van der Waals surface area (Å²) in [6.45, 7) is 1.88. The molecule has 2 aromatic heterocycles. The van der Waals surface area contributed by atoms with Crippen molar-refractivity contribution in [3.05, 3.63) is 22.7 Å². The second kappa shape index (κ2) is 4.94. The van der Waals surface area contributed by atoms with Crippen LogP contribution in [-0.2, 0) is 5.75 Å². The van der Waals surface area contributed by atoms with Crippen molar-refractivity contribution >= 4 is 39.8 Å². The van der Waals surface area contributed by atoms with Crippen LogP contribution < -0.4 is 5.73 Å². The summed E-state index contributed by atoms with van der Waals surface area (Å²) in [5.41, 5.74) is 6.33. The zero-order valence-electron chi connectivity index (χ0n) is 8.35. The molecule has 0 aliphatic rings. The summed E-state index contributed by atoms with van der Waals surface area (Å²) in [5.74, 6) is 1.29. The molecule has 2 heterocycles. The van der Waals surface area contributed by atoms with E-state index in [1.807, 2.05) is 6.92 Å². The van der Waals surface area contributed by atoms with E-state index in [1.165, 1.54) is 23.1 Å². The lowest BCUT2D eigenvalue weighted by Gasteiger charge is -1.99. The average Bonchev–Trinajstić information content (AvgIpc) is 2.60. The van der Waals surface area contributed by atoms with Crippen LogP contribution in [0, 0.1) is 6.92 Å². The molecule has 0 fully saturated rings. The van der Waals surface area contributed by atoms with Gasteiger partial charge in [-0.1, -0.05) is 34.7 Å². The zero-order valence-corrected chi connectivity index (χ0v) is 10.7. The number of hydrogen-bond acceptors (Lipinski definition) is 7. The first-order valence-electron chi connectivity index (χ1n) is 4.35. The third-order valence-corrected chi connectivity index (χ3v) is 3.69. The Hall–Kier alpha value is -0.920. The Balaban J connectivity index is 2.04. The number of nitrogens with two attached hydrogens (primary N) is 1. The number of nitrogen functional groups attached to an aromatic ring is 1. The molecule has 0 bridgehead atoms. The number of thioether (sulfide) groups is 1. The van der Waals surface area contributed by atoms with Crippen LogP contribution in [-0.4, -0.2) is 20.2 Å². The maximum absolute atomic E-state index is 5.83. The van der Waals surface area contributed by atoms with Crippen LogP contribution in [0.25, 0.3) is 0 Å². The molecule has 2 N–H and O–H groups in total. The van der Waals surface area contributed by atoms with Crippen LogP contribution in [0.5, 0.6) is 0 Å². The van der Waals surface area contributed by atoms with Gasteiger partial charge < -0.3 is 5.73 Å². The van der Waals surface area contributed by atoms with Gasteiger partial charge >= 0.3 is 0 Å². The Labute approximate surface area is 105 Å². The predicted molar refractivity (Wildman–Crippen MR) is 65.7 cm³/mol. The Kier molecular flexibility index (Phi) is 3.57. The van der Waals surface area contributed by atoms with Crippen molar-refractivity contribution in [3.63, 3.8) is 0 Å². The highest BCUT2D eigenvalue weighted by Crippen LogP contribution is 2.26. The molecule has 0 aliphatic carbocycles. The Morgan fingerprint density at radius 2 is 2.25 bits per heavy atom. The predicted octanol–water partition coefficient (Wildman–Crippen LogP) is 2.16. The fraction of sp³-hybridized carbons (Fsp3) is 0.250. The fourth-order valence-corrected chi connectivity index (χ4v) is 2.80. The minimum atomic E-state index is 0.458. The summed E-state index contributed by atoms with van der Waals surface area (Å²) in [6.07, 6.45) is 0. The summed E-state index contributed by atoms with van der Waals surface area (Å²) in [5, 5.41) is 8.54. The Morgan fingerprint density at radius 1 is 1.44 bits per heavy atom. The van der Waals surface area contributed by atoms with E-state index in [2.05, 4.69) is 20.2 Å². The second-order valence-corrected chi connectivity index (χ2v) is 5.56. The third-order valence-electron chi connectivity index (χ3n) is 1.62. The highest BCUT2D eigenvalue weighted by molar-refractivity contribution is 8.00. The smallest absolute Gasteiger partial charge is 0.203 e. The highest BCUT2D eigenvalue weighted by atomic mass is 35.5. The lowest BCUT2D eigenvalue weighted by molar-refractivity contribution is 0.986. The molecule has 0 unspecified atom stereocenters. The van der Waals surface area contributed by atoms with Gasteiger partial charge in [-0.15, -0.1) is 10.2 Å². The molecule has 84 valence electrons. The molecule has 8 heteroatoms. The monoisotopic (exact) mass is 273 g/mol. The molecular weight excluding hydrogens is 266 g/mol. The summed E-state index contributed by atoms with van der Waals surface area (Å²) in [4.78, 5) is 8.38. The van der Waals surface area contributed by atoms with Crippen LogP contribution in [0.2, 0.25) is 5.15 Å². The number of aromatic nitrogens is 4. The van der Waals surface area contributed by atoms with Crippen LogP contribution in [0.15, 0.2) is 10.4 Å². The van der Waals surface area contributed by atoms with Gasteiger partial charge in [-0.25, -0.2) is 9.97 Å². The van der Waals surface area contributed by atoms with E-state index in [0.717, 1.165) is 10.0 Å². The van der Waals surface area contributed by atoms with Gasteiger partial charge in [0.15, 0.2) is 4.34 Å². The van der Waals surface area contributed by atoms with E-state index in [1.54, 1.807) is 6.07 Å². The second-order valence-electron chi connectivity index (χ2n) is 2.94. The average molecular weight is 274 g/mol. The molecule has 0 atom stereocenters. The maximum Gasteiger partial charge on any atom is 0.203 e. The maximum atomic E-state index is 5.83. The van der Waals surface area contributed by atoms with E-state index in [9.17, 15) is 0 Å². The number of rotatable bonds is 3. The SMILES string of the molecule is Cc1cc(Cl)nc(CSc2nnc(N)s2)n1. The van der Waals surface area contributed by atoms with Crippen molar-refractivity contribution in [3.8, 4) is 0 Å². The molecule has 0 aromatic carbocycles. The molecule has 2 aromatic rings. The van der Waals surface area contributed by atoms with E-state index in [4.69, 9.17) is 17.3 Å². The molecule has 0 radical (unpaired) electrons. The van der Waals surface area contributed by atoms with Gasteiger partial charge in [0.25, 0.3) is 0 Å². The first-order chi connectivity index (χ1) is 7.63. The largest absolute Gasteiger partial charge is 0.374 e. The standard InChI is InChI=1S/C8H8ClN5S2/c1-4-2-5(9)12-6(11-4)3-15-8-14-13-7(10)16-8/h2H,3H2,1H3,(H2,10,13). The molecule has 0 aliphatic heterocycles. The van der Waals surface area contributed by atoms with Crippen LogP contribution >= 0.6 is 34.7 Å². The zero-order chi connectivity index (χ0) is 11.5. The lowest BCUT2D eigenvalue weighted by Crippen LogP contribution is -1.95. The van der Waals surface area contributed by atoms with Crippen molar-refractivity contribution in [1.82, 2.24) is 20.2 Å². The summed E-state index contributed by atoms with van der Waals surface area (Å²) in [6, 6.07) is 1.72. The molecule has 0 spiro atoms. The van der Waals surface area contributed by atoms with Gasteiger partial charge in [0.05, 0.1) is 5.75 Å². The quantitative estimate of drug-likeness (QED) is 0.682. The van der Waals surface area contributed by atoms with Crippen LogP contribution in [0.1, 0.15) is 11.5 Å². The minimum Gasteiger partial charge on any atom is -0.374 e. The first-order valence-corrected chi connectivity index (χ1v) is 6.53. The van der Waals surface area contributed by atoms with Crippen LogP contribution in [0.4, 0.5) is 5.13 Å². The van der Waals surface area contributed by atoms with E-state index in [0.29, 0.717) is 21.9 Å². The molecule has 16 heavy (non-hydrogen) atoms. The Morgan fingerprint density at radius 3 is 2.88 bits per heavy atom. The minimum absolute atomic E-state index is 0.458. The Bertz CT molecular complexity index is 481. The van der Waals surface area contributed by atoms with Crippen LogP contribution in [0.3, 0.4) is 0 Å². The third kappa shape index (κ3) is 3.03. The van der Waals surface area contributed by atoms with Gasteiger partial charge in [-0.05, 0) is 13.0 Å². The number of nitrogens with zero attached hydrogens (tertiary/aromatic N) is 4. The van der Waals surface area contributed by atoms with Crippen molar-refractivity contribution in [2.45, 2.75) is 17.0 Å².